The van der Waals surface area contributed by atoms with Crippen molar-refractivity contribution in [1.82, 2.24) is 0 Å². The van der Waals surface area contributed by atoms with Crippen molar-refractivity contribution < 1.29 is 13.8 Å². The molecular formula is C32H24BNO2. The highest BCUT2D eigenvalue weighted by Gasteiger charge is 2.60. The van der Waals surface area contributed by atoms with E-state index in [0.717, 1.165) is 39.2 Å². The minimum Gasteiger partial charge on any atom is -0.629 e. The first-order chi connectivity index (χ1) is 17.8. The molecule has 0 saturated heterocycles. The number of para-hydroxylation sites is 2. The van der Waals surface area contributed by atoms with Crippen molar-refractivity contribution in [2.45, 2.75) is 5.60 Å². The van der Waals surface area contributed by atoms with Crippen LogP contribution < -0.4 is 10.1 Å². The van der Waals surface area contributed by atoms with Crippen LogP contribution in [0.1, 0.15) is 22.3 Å². The first kappa shape index (κ1) is 20.9. The highest BCUT2D eigenvalue weighted by molar-refractivity contribution is 6.76. The molecule has 0 saturated carbocycles. The number of hydrogen-bond donors (Lipinski definition) is 0. The molecule has 1 atom stereocenters. The molecule has 2 heterocycles. The Morgan fingerprint density at radius 3 is 1.81 bits per heavy atom. The Morgan fingerprint density at radius 1 is 0.556 bits per heavy atom. The molecule has 5 aromatic rings. The van der Waals surface area contributed by atoms with Gasteiger partial charge in [-0.2, -0.15) is 0 Å². The van der Waals surface area contributed by atoms with Crippen LogP contribution in [0.15, 0.2) is 140 Å². The van der Waals surface area contributed by atoms with Crippen LogP contribution in [-0.4, -0.2) is 17.4 Å². The Labute approximate surface area is 210 Å². The van der Waals surface area contributed by atoms with E-state index in [0.29, 0.717) is 0 Å². The maximum atomic E-state index is 7.54. The van der Waals surface area contributed by atoms with Crippen LogP contribution in [0.3, 0.4) is 0 Å². The summed E-state index contributed by atoms with van der Waals surface area (Å²) in [6.45, 7) is -2.16. The fourth-order valence-electron chi connectivity index (χ4n) is 5.76. The quantitative estimate of drug-likeness (QED) is 0.305. The van der Waals surface area contributed by atoms with Gasteiger partial charge in [0.2, 0.25) is 0 Å². The van der Waals surface area contributed by atoms with E-state index in [1.165, 1.54) is 0 Å². The Balaban J connectivity index is 1.63. The minimum absolute atomic E-state index is 0.812. The number of rotatable bonds is 3. The second-order valence-corrected chi connectivity index (χ2v) is 9.32. The predicted octanol–water partition coefficient (Wildman–Crippen LogP) is 6.01. The lowest BCUT2D eigenvalue weighted by atomic mass is 9.57. The molecule has 0 N–H and O–H groups in total. The zero-order chi connectivity index (χ0) is 24.0. The van der Waals surface area contributed by atoms with Gasteiger partial charge < -0.3 is 13.8 Å². The second-order valence-electron chi connectivity index (χ2n) is 9.32. The fraction of sp³-hybridized carbons (Fsp3) is 0.0312. The lowest BCUT2D eigenvalue weighted by molar-refractivity contribution is -0.352. The van der Waals surface area contributed by atoms with E-state index in [1.807, 2.05) is 48.5 Å². The molecule has 0 aromatic heterocycles. The average Bonchev–Trinajstić information content (AvgIpc) is 2.97. The van der Waals surface area contributed by atoms with Crippen LogP contribution in [0.25, 0.3) is 0 Å². The van der Waals surface area contributed by atoms with Gasteiger partial charge in [0.15, 0.2) is 5.69 Å². The molecule has 0 spiro atoms. The lowest BCUT2D eigenvalue weighted by Crippen LogP contribution is -2.70. The van der Waals surface area contributed by atoms with Gasteiger partial charge in [-0.15, -0.1) is 0 Å². The van der Waals surface area contributed by atoms with Gasteiger partial charge >= 0.3 is 6.69 Å². The molecule has 0 aliphatic carbocycles. The Hall–Kier alpha value is -4.41. The Morgan fingerprint density at radius 2 is 1.11 bits per heavy atom. The summed E-state index contributed by atoms with van der Waals surface area (Å²) in [6.07, 6.45) is 2.17. The van der Waals surface area contributed by atoms with E-state index in [1.54, 1.807) is 0 Å². The van der Waals surface area contributed by atoms with Gasteiger partial charge in [0.05, 0.1) is 16.9 Å². The molecule has 36 heavy (non-hydrogen) atoms. The standard InChI is InChI=1S/C32H24BNO2/c1-4-15-26(16-5-1)32(27-17-6-2-7-18-27)29-21-11-12-22-30(29)34-24-25-14-10-13-23-31(25)35-33(34,36-32)28-19-8-3-9-20-28/h1-24H. The van der Waals surface area contributed by atoms with Crippen molar-refractivity contribution in [3.8, 4) is 5.75 Å². The second kappa shape index (κ2) is 8.08. The fourth-order valence-corrected chi connectivity index (χ4v) is 5.76. The van der Waals surface area contributed by atoms with Gasteiger partial charge in [-0.25, -0.2) is 0 Å². The molecular weight excluding hydrogens is 441 g/mol. The summed E-state index contributed by atoms with van der Waals surface area (Å²) in [5.41, 5.74) is 5.38. The monoisotopic (exact) mass is 465 g/mol. The molecule has 0 radical (unpaired) electrons. The van der Waals surface area contributed by atoms with Gasteiger partial charge in [0, 0.05) is 6.07 Å². The largest absolute Gasteiger partial charge is 0.631 e. The van der Waals surface area contributed by atoms with E-state index in [9.17, 15) is 0 Å². The summed E-state index contributed by atoms with van der Waals surface area (Å²) in [5, 5.41) is 0. The number of hydrogen-bond acceptors (Lipinski definition) is 2. The molecule has 2 aliphatic rings. The summed E-state index contributed by atoms with van der Waals surface area (Å²) in [4.78, 5) is 0. The Kier molecular flexibility index (Phi) is 4.70. The molecule has 7 rings (SSSR count). The minimum atomic E-state index is -2.16. The van der Waals surface area contributed by atoms with E-state index < -0.39 is 12.3 Å². The summed E-state index contributed by atoms with van der Waals surface area (Å²) >= 11 is 0. The van der Waals surface area contributed by atoms with Gasteiger partial charge in [-0.3, -0.25) is 0 Å². The molecule has 2 aliphatic heterocycles. The molecule has 5 aromatic carbocycles. The summed E-state index contributed by atoms with van der Waals surface area (Å²) in [5.74, 6) is 0.812. The van der Waals surface area contributed by atoms with E-state index >= 15 is 0 Å². The van der Waals surface area contributed by atoms with Crippen molar-refractivity contribution in [3.05, 3.63) is 162 Å². The maximum absolute atomic E-state index is 7.54. The molecule has 0 fully saturated rings. The first-order valence-electron chi connectivity index (χ1n) is 12.3. The van der Waals surface area contributed by atoms with Gasteiger partial charge in [0.1, 0.15) is 11.8 Å². The van der Waals surface area contributed by atoms with Crippen LogP contribution in [0.2, 0.25) is 0 Å². The summed E-state index contributed by atoms with van der Waals surface area (Å²) in [6, 6.07) is 48.0. The highest BCUT2D eigenvalue weighted by atomic mass is 16.6. The number of nitrogens with zero attached hydrogens (tertiary/aromatic N) is 1. The molecule has 4 heteroatoms. The number of benzene rings is 5. The van der Waals surface area contributed by atoms with Crippen molar-refractivity contribution in [3.63, 3.8) is 0 Å². The molecule has 172 valence electrons. The van der Waals surface area contributed by atoms with Crippen LogP contribution in [0.4, 0.5) is 5.69 Å². The number of fused-ring (bicyclic) bond motifs is 4. The van der Waals surface area contributed by atoms with Gasteiger partial charge in [-0.05, 0) is 29.3 Å². The predicted molar refractivity (Wildman–Crippen MR) is 144 cm³/mol. The summed E-state index contributed by atoms with van der Waals surface area (Å²) in [7, 11) is 0. The zero-order valence-corrected chi connectivity index (χ0v) is 19.7. The van der Waals surface area contributed by atoms with Gasteiger partial charge in [0.25, 0.3) is 0 Å². The smallest absolute Gasteiger partial charge is 0.629 e. The molecule has 1 unspecified atom stereocenters. The highest BCUT2D eigenvalue weighted by Crippen LogP contribution is 2.51. The van der Waals surface area contributed by atoms with Crippen LogP contribution >= 0.6 is 0 Å². The molecule has 0 bridgehead atoms. The van der Waals surface area contributed by atoms with E-state index in [2.05, 4.69) is 102 Å². The normalized spacial score (nSPS) is 19.2. The Bertz CT molecular complexity index is 1550. The van der Waals surface area contributed by atoms with Crippen LogP contribution in [0.5, 0.6) is 5.75 Å². The van der Waals surface area contributed by atoms with Crippen molar-refractivity contribution in [2.75, 3.05) is 0 Å². The third-order valence-electron chi connectivity index (χ3n) is 7.33. The molecule has 3 nitrogen and oxygen atoms in total. The SMILES string of the molecule is C1=[N+]2c3ccccc3C(c3ccccc3)(c3ccccc3)O[B-]2(c2ccccc2)Oc2ccccc21. The van der Waals surface area contributed by atoms with Crippen molar-refractivity contribution in [2.24, 2.45) is 0 Å². The molecule has 0 amide bonds. The summed E-state index contributed by atoms with van der Waals surface area (Å²) < 4.78 is 16.7. The lowest BCUT2D eigenvalue weighted by Gasteiger charge is -2.52. The topological polar surface area (TPSA) is 21.5 Å². The van der Waals surface area contributed by atoms with Crippen LogP contribution in [0, 0.1) is 0 Å². The third kappa shape index (κ3) is 2.95. The zero-order valence-electron chi connectivity index (χ0n) is 19.7. The van der Waals surface area contributed by atoms with Crippen molar-refractivity contribution >= 4 is 24.1 Å². The average molecular weight is 465 g/mol. The van der Waals surface area contributed by atoms with Gasteiger partial charge in [-0.1, -0.05) is 121 Å². The van der Waals surface area contributed by atoms with E-state index in [-0.39, 0.29) is 0 Å². The maximum Gasteiger partial charge on any atom is 0.631 e. The third-order valence-corrected chi connectivity index (χ3v) is 7.33. The van der Waals surface area contributed by atoms with Crippen molar-refractivity contribution in [1.29, 1.82) is 0 Å². The van der Waals surface area contributed by atoms with E-state index in [4.69, 9.17) is 9.31 Å². The van der Waals surface area contributed by atoms with Crippen LogP contribution in [-0.2, 0) is 10.3 Å². The first-order valence-corrected chi connectivity index (χ1v) is 12.3.